The molecule has 2 N–H and O–H groups in total. The van der Waals surface area contributed by atoms with E-state index in [-0.39, 0.29) is 24.0 Å². The molecular formula is C19H39IN4O2. The molecule has 2 rings (SSSR count). The van der Waals surface area contributed by atoms with Crippen molar-refractivity contribution in [2.45, 2.75) is 39.5 Å². The van der Waals surface area contributed by atoms with Crippen LogP contribution < -0.4 is 10.6 Å². The second-order valence-electron chi connectivity index (χ2n) is 7.18. The minimum absolute atomic E-state index is 0. The van der Waals surface area contributed by atoms with Crippen molar-refractivity contribution in [2.75, 3.05) is 65.7 Å². The summed E-state index contributed by atoms with van der Waals surface area (Å²) in [6, 6.07) is 0. The number of likely N-dealkylation sites (tertiary alicyclic amines) is 1. The molecule has 0 bridgehead atoms. The molecule has 2 aliphatic heterocycles. The first kappa shape index (κ1) is 23.9. The van der Waals surface area contributed by atoms with E-state index in [4.69, 9.17) is 14.5 Å². The van der Waals surface area contributed by atoms with Gasteiger partial charge in [0.05, 0.1) is 0 Å². The maximum atomic E-state index is 5.82. The lowest BCUT2D eigenvalue weighted by Gasteiger charge is -2.21. The van der Waals surface area contributed by atoms with Crippen molar-refractivity contribution in [3.8, 4) is 0 Å². The molecule has 154 valence electrons. The molecule has 0 aliphatic carbocycles. The van der Waals surface area contributed by atoms with Gasteiger partial charge >= 0.3 is 0 Å². The highest BCUT2D eigenvalue weighted by Crippen LogP contribution is 2.16. The molecule has 0 amide bonds. The molecule has 2 fully saturated rings. The zero-order valence-corrected chi connectivity index (χ0v) is 19.0. The molecule has 1 unspecified atom stereocenters. The molecule has 26 heavy (non-hydrogen) atoms. The highest BCUT2D eigenvalue weighted by molar-refractivity contribution is 14.0. The van der Waals surface area contributed by atoms with E-state index in [2.05, 4.69) is 29.4 Å². The van der Waals surface area contributed by atoms with Crippen molar-refractivity contribution in [1.29, 1.82) is 0 Å². The van der Waals surface area contributed by atoms with E-state index in [1.807, 2.05) is 0 Å². The average molecular weight is 482 g/mol. The van der Waals surface area contributed by atoms with E-state index >= 15 is 0 Å². The van der Waals surface area contributed by atoms with Crippen molar-refractivity contribution in [3.05, 3.63) is 0 Å². The Hall–Kier alpha value is -0.120. The van der Waals surface area contributed by atoms with Crippen LogP contribution in [0.1, 0.15) is 39.5 Å². The standard InChI is InChI=1S/C19H38N4O2.HI/c1-3-20-19(22-14-18-6-10-23(4-2)15-18)21-9-5-11-25-16-17-7-12-24-13-8-17;/h17-18H,3-16H2,1-2H3,(H2,20,21,22);1H. The number of guanidine groups is 1. The number of aliphatic imine (C=N–C) groups is 1. The average Bonchev–Trinajstić information content (AvgIpc) is 3.11. The van der Waals surface area contributed by atoms with Gasteiger partial charge in [0, 0.05) is 52.6 Å². The normalized spacial score (nSPS) is 22.2. The van der Waals surface area contributed by atoms with Gasteiger partial charge in [0.25, 0.3) is 0 Å². The fourth-order valence-corrected chi connectivity index (χ4v) is 3.46. The Kier molecular flexibility index (Phi) is 13.7. The number of nitrogens with zero attached hydrogens (tertiary/aromatic N) is 2. The summed E-state index contributed by atoms with van der Waals surface area (Å²) < 4.78 is 11.2. The summed E-state index contributed by atoms with van der Waals surface area (Å²) in [5.41, 5.74) is 0. The van der Waals surface area contributed by atoms with Crippen LogP contribution in [0.4, 0.5) is 0 Å². The highest BCUT2D eigenvalue weighted by atomic mass is 127. The van der Waals surface area contributed by atoms with Crippen LogP contribution in [0.5, 0.6) is 0 Å². The third-order valence-electron chi connectivity index (χ3n) is 5.12. The Morgan fingerprint density at radius 3 is 2.65 bits per heavy atom. The number of hydrogen-bond acceptors (Lipinski definition) is 4. The maximum absolute atomic E-state index is 5.82. The van der Waals surface area contributed by atoms with E-state index in [9.17, 15) is 0 Å². The zero-order valence-electron chi connectivity index (χ0n) is 16.7. The Morgan fingerprint density at radius 2 is 1.96 bits per heavy atom. The summed E-state index contributed by atoms with van der Waals surface area (Å²) in [6.45, 7) is 14.2. The van der Waals surface area contributed by atoms with Gasteiger partial charge in [-0.1, -0.05) is 6.92 Å². The number of hydrogen-bond donors (Lipinski definition) is 2. The van der Waals surface area contributed by atoms with E-state index in [0.717, 1.165) is 77.8 Å². The van der Waals surface area contributed by atoms with Gasteiger partial charge in [0.1, 0.15) is 0 Å². The predicted octanol–water partition coefficient (Wildman–Crippen LogP) is 2.33. The molecule has 2 saturated heterocycles. The molecule has 0 radical (unpaired) electrons. The minimum atomic E-state index is 0. The topological polar surface area (TPSA) is 58.1 Å². The first-order valence-corrected chi connectivity index (χ1v) is 10.2. The van der Waals surface area contributed by atoms with Gasteiger partial charge in [-0.05, 0) is 57.5 Å². The lowest BCUT2D eigenvalue weighted by atomic mass is 10.0. The lowest BCUT2D eigenvalue weighted by molar-refractivity contribution is 0.0203. The van der Waals surface area contributed by atoms with E-state index in [1.165, 1.54) is 19.5 Å². The third kappa shape index (κ3) is 9.71. The second kappa shape index (κ2) is 14.9. The molecule has 0 saturated carbocycles. The number of rotatable bonds is 10. The van der Waals surface area contributed by atoms with E-state index in [0.29, 0.717) is 11.8 Å². The molecule has 1 atom stereocenters. The summed E-state index contributed by atoms with van der Waals surface area (Å²) in [5.74, 6) is 2.34. The van der Waals surface area contributed by atoms with Gasteiger partial charge in [-0.3, -0.25) is 4.99 Å². The molecule has 0 aromatic carbocycles. The predicted molar refractivity (Wildman–Crippen MR) is 119 cm³/mol. The fraction of sp³-hybridized carbons (Fsp3) is 0.947. The first-order chi connectivity index (χ1) is 12.3. The molecule has 0 aromatic rings. The summed E-state index contributed by atoms with van der Waals surface area (Å²) in [7, 11) is 0. The summed E-state index contributed by atoms with van der Waals surface area (Å²) >= 11 is 0. The van der Waals surface area contributed by atoms with Gasteiger partial charge in [-0.15, -0.1) is 24.0 Å². The summed E-state index contributed by atoms with van der Waals surface area (Å²) in [5, 5.41) is 6.78. The lowest BCUT2D eigenvalue weighted by Crippen LogP contribution is -2.38. The largest absolute Gasteiger partial charge is 0.381 e. The second-order valence-corrected chi connectivity index (χ2v) is 7.18. The van der Waals surface area contributed by atoms with Crippen molar-refractivity contribution in [1.82, 2.24) is 15.5 Å². The molecule has 0 spiro atoms. The quantitative estimate of drug-likeness (QED) is 0.217. The van der Waals surface area contributed by atoms with E-state index in [1.54, 1.807) is 0 Å². The van der Waals surface area contributed by atoms with Crippen molar-refractivity contribution in [2.24, 2.45) is 16.8 Å². The van der Waals surface area contributed by atoms with Gasteiger partial charge in [0.15, 0.2) is 5.96 Å². The van der Waals surface area contributed by atoms with Crippen LogP contribution >= 0.6 is 24.0 Å². The maximum Gasteiger partial charge on any atom is 0.191 e. The Balaban J connectivity index is 0.00000338. The monoisotopic (exact) mass is 482 g/mol. The number of ether oxygens (including phenoxy) is 2. The summed E-state index contributed by atoms with van der Waals surface area (Å²) in [4.78, 5) is 7.28. The highest BCUT2D eigenvalue weighted by Gasteiger charge is 2.20. The van der Waals surface area contributed by atoms with E-state index < -0.39 is 0 Å². The first-order valence-electron chi connectivity index (χ1n) is 10.2. The molecule has 7 heteroatoms. The van der Waals surface area contributed by atoms with Crippen LogP contribution in [0, 0.1) is 11.8 Å². The molecule has 6 nitrogen and oxygen atoms in total. The van der Waals surface area contributed by atoms with Crippen molar-refractivity contribution < 1.29 is 9.47 Å². The van der Waals surface area contributed by atoms with Crippen LogP contribution in [0.3, 0.4) is 0 Å². The van der Waals surface area contributed by atoms with Gasteiger partial charge in [0.2, 0.25) is 0 Å². The minimum Gasteiger partial charge on any atom is -0.381 e. The third-order valence-corrected chi connectivity index (χ3v) is 5.12. The van der Waals surface area contributed by atoms with Gasteiger partial charge in [-0.2, -0.15) is 0 Å². The molecule has 2 aliphatic rings. The smallest absolute Gasteiger partial charge is 0.191 e. The van der Waals surface area contributed by atoms with Crippen LogP contribution in [-0.4, -0.2) is 76.6 Å². The number of nitrogens with one attached hydrogen (secondary N) is 2. The van der Waals surface area contributed by atoms with Crippen LogP contribution in [0.15, 0.2) is 4.99 Å². The fourth-order valence-electron chi connectivity index (χ4n) is 3.46. The van der Waals surface area contributed by atoms with Crippen LogP contribution in [-0.2, 0) is 9.47 Å². The molecule has 2 heterocycles. The molecule has 0 aromatic heterocycles. The Bertz CT molecular complexity index is 379. The van der Waals surface area contributed by atoms with Crippen LogP contribution in [0.25, 0.3) is 0 Å². The zero-order chi connectivity index (χ0) is 17.7. The Labute approximate surface area is 176 Å². The van der Waals surface area contributed by atoms with Gasteiger partial charge in [-0.25, -0.2) is 0 Å². The van der Waals surface area contributed by atoms with Crippen molar-refractivity contribution >= 4 is 29.9 Å². The van der Waals surface area contributed by atoms with Crippen LogP contribution in [0.2, 0.25) is 0 Å². The van der Waals surface area contributed by atoms with Gasteiger partial charge < -0.3 is 25.0 Å². The molecular weight excluding hydrogens is 443 g/mol. The SMILES string of the molecule is CCNC(=NCC1CCN(CC)C1)NCCCOCC1CCOCC1.I. The number of halogens is 1. The van der Waals surface area contributed by atoms with Crippen molar-refractivity contribution in [3.63, 3.8) is 0 Å². The Morgan fingerprint density at radius 1 is 1.15 bits per heavy atom. The summed E-state index contributed by atoms with van der Waals surface area (Å²) in [6.07, 6.45) is 4.58.